The first-order valence-corrected chi connectivity index (χ1v) is 6.96. The molecule has 0 saturated carbocycles. The van der Waals surface area contributed by atoms with E-state index in [1.165, 1.54) is 17.7 Å². The zero-order valence-corrected chi connectivity index (χ0v) is 12.0. The number of anilines is 1. The standard InChI is InChI=1S/C17H19FN2O/c1-12(13-5-3-2-4-6-13)9-10-20-17(21)15-8-7-14(19)11-16(15)18/h2-8,11-12H,9-10,19H2,1H3,(H,20,21). The van der Waals surface area contributed by atoms with E-state index in [4.69, 9.17) is 5.73 Å². The molecule has 3 N–H and O–H groups in total. The number of halogens is 1. The number of benzene rings is 2. The molecule has 0 aromatic heterocycles. The first-order valence-electron chi connectivity index (χ1n) is 6.96. The van der Waals surface area contributed by atoms with Crippen LogP contribution < -0.4 is 11.1 Å². The molecular formula is C17H19FN2O. The summed E-state index contributed by atoms with van der Waals surface area (Å²) in [6.07, 6.45) is 0.798. The van der Waals surface area contributed by atoms with Crippen LogP contribution in [0.4, 0.5) is 10.1 Å². The second kappa shape index (κ2) is 6.88. The first-order chi connectivity index (χ1) is 10.1. The van der Waals surface area contributed by atoms with E-state index < -0.39 is 11.7 Å². The number of nitrogens with one attached hydrogen (secondary N) is 1. The predicted molar refractivity (Wildman–Crippen MR) is 82.6 cm³/mol. The smallest absolute Gasteiger partial charge is 0.254 e. The van der Waals surface area contributed by atoms with Gasteiger partial charge in [-0.2, -0.15) is 0 Å². The van der Waals surface area contributed by atoms with Crippen LogP contribution in [0.15, 0.2) is 48.5 Å². The van der Waals surface area contributed by atoms with E-state index >= 15 is 0 Å². The normalized spacial score (nSPS) is 11.9. The minimum atomic E-state index is -0.594. The average molecular weight is 286 g/mol. The van der Waals surface area contributed by atoms with Crippen LogP contribution in [-0.4, -0.2) is 12.5 Å². The Morgan fingerprint density at radius 2 is 1.95 bits per heavy atom. The van der Waals surface area contributed by atoms with Crippen LogP contribution in [0.5, 0.6) is 0 Å². The molecule has 1 atom stereocenters. The molecule has 0 bridgehead atoms. The molecule has 0 radical (unpaired) electrons. The Balaban J connectivity index is 1.87. The lowest BCUT2D eigenvalue weighted by molar-refractivity contribution is 0.0948. The van der Waals surface area contributed by atoms with Crippen molar-refractivity contribution < 1.29 is 9.18 Å². The van der Waals surface area contributed by atoms with Crippen LogP contribution in [0.25, 0.3) is 0 Å². The monoisotopic (exact) mass is 286 g/mol. The maximum absolute atomic E-state index is 13.6. The lowest BCUT2D eigenvalue weighted by Crippen LogP contribution is -2.26. The van der Waals surface area contributed by atoms with E-state index in [1.54, 1.807) is 0 Å². The van der Waals surface area contributed by atoms with Crippen molar-refractivity contribution in [2.75, 3.05) is 12.3 Å². The molecule has 1 unspecified atom stereocenters. The molecule has 0 aliphatic rings. The highest BCUT2D eigenvalue weighted by Gasteiger charge is 2.12. The van der Waals surface area contributed by atoms with Gasteiger partial charge in [-0.3, -0.25) is 4.79 Å². The fourth-order valence-corrected chi connectivity index (χ4v) is 2.16. The Kier molecular flexibility index (Phi) is 4.93. The predicted octanol–water partition coefficient (Wildman–Crippen LogP) is 3.33. The van der Waals surface area contributed by atoms with Crippen LogP contribution in [0.1, 0.15) is 35.2 Å². The van der Waals surface area contributed by atoms with Crippen molar-refractivity contribution in [2.24, 2.45) is 0 Å². The molecule has 4 heteroatoms. The Hall–Kier alpha value is -2.36. The summed E-state index contributed by atoms with van der Waals surface area (Å²) in [5, 5.41) is 2.74. The first kappa shape index (κ1) is 15.0. The molecule has 2 aromatic rings. The van der Waals surface area contributed by atoms with Gasteiger partial charge in [-0.05, 0) is 36.1 Å². The van der Waals surface area contributed by atoms with E-state index in [0.717, 1.165) is 12.5 Å². The highest BCUT2D eigenvalue weighted by molar-refractivity contribution is 5.94. The molecule has 2 rings (SSSR count). The van der Waals surface area contributed by atoms with Gasteiger partial charge in [0.15, 0.2) is 0 Å². The topological polar surface area (TPSA) is 55.1 Å². The van der Waals surface area contributed by atoms with E-state index in [9.17, 15) is 9.18 Å². The maximum Gasteiger partial charge on any atom is 0.254 e. The second-order valence-electron chi connectivity index (χ2n) is 5.10. The zero-order chi connectivity index (χ0) is 15.2. The van der Waals surface area contributed by atoms with Gasteiger partial charge in [-0.25, -0.2) is 4.39 Å². The molecule has 110 valence electrons. The van der Waals surface area contributed by atoms with Crippen molar-refractivity contribution in [1.82, 2.24) is 5.32 Å². The maximum atomic E-state index is 13.6. The third-order valence-corrected chi connectivity index (χ3v) is 3.47. The lowest BCUT2D eigenvalue weighted by Gasteiger charge is -2.12. The summed E-state index contributed by atoms with van der Waals surface area (Å²) >= 11 is 0. The second-order valence-corrected chi connectivity index (χ2v) is 5.10. The highest BCUT2D eigenvalue weighted by Crippen LogP contribution is 2.17. The molecule has 0 saturated heterocycles. The number of hydrogen-bond acceptors (Lipinski definition) is 2. The fraction of sp³-hybridized carbons (Fsp3) is 0.235. The molecule has 0 heterocycles. The summed E-state index contributed by atoms with van der Waals surface area (Å²) in [4.78, 5) is 11.9. The average Bonchev–Trinajstić information content (AvgIpc) is 2.47. The number of amides is 1. The van der Waals surface area contributed by atoms with E-state index in [0.29, 0.717) is 18.2 Å². The number of nitrogens with two attached hydrogens (primary N) is 1. The number of carbonyl (C=O) groups excluding carboxylic acids is 1. The highest BCUT2D eigenvalue weighted by atomic mass is 19.1. The number of hydrogen-bond donors (Lipinski definition) is 2. The van der Waals surface area contributed by atoms with E-state index in [2.05, 4.69) is 24.4 Å². The van der Waals surface area contributed by atoms with Gasteiger partial charge in [0.1, 0.15) is 5.82 Å². The van der Waals surface area contributed by atoms with Gasteiger partial charge in [0.25, 0.3) is 5.91 Å². The molecule has 0 spiro atoms. The summed E-state index contributed by atoms with van der Waals surface area (Å²) in [7, 11) is 0. The molecule has 0 aliphatic carbocycles. The SMILES string of the molecule is CC(CCNC(=O)c1ccc(N)cc1F)c1ccccc1. The van der Waals surface area contributed by atoms with Gasteiger partial charge in [0.2, 0.25) is 0 Å². The summed E-state index contributed by atoms with van der Waals surface area (Å²) < 4.78 is 13.6. The fourth-order valence-electron chi connectivity index (χ4n) is 2.16. The largest absolute Gasteiger partial charge is 0.399 e. The van der Waals surface area contributed by atoms with Gasteiger partial charge in [0, 0.05) is 12.2 Å². The molecule has 3 nitrogen and oxygen atoms in total. The number of carbonyl (C=O) groups is 1. The van der Waals surface area contributed by atoms with Crippen molar-refractivity contribution in [1.29, 1.82) is 0 Å². The van der Waals surface area contributed by atoms with Gasteiger partial charge < -0.3 is 11.1 Å². The summed E-state index contributed by atoms with van der Waals surface area (Å²) in [5.41, 5.74) is 7.02. The minimum absolute atomic E-state index is 0.0246. The van der Waals surface area contributed by atoms with Crippen LogP contribution in [-0.2, 0) is 0 Å². The van der Waals surface area contributed by atoms with Gasteiger partial charge in [0.05, 0.1) is 5.56 Å². The van der Waals surface area contributed by atoms with Crippen molar-refractivity contribution in [2.45, 2.75) is 19.3 Å². The molecule has 2 aromatic carbocycles. The zero-order valence-electron chi connectivity index (χ0n) is 12.0. The number of rotatable bonds is 5. The Bertz CT molecular complexity index is 613. The third kappa shape index (κ3) is 4.05. The van der Waals surface area contributed by atoms with Crippen molar-refractivity contribution >= 4 is 11.6 Å². The van der Waals surface area contributed by atoms with Crippen LogP contribution in [0.3, 0.4) is 0 Å². The van der Waals surface area contributed by atoms with Gasteiger partial charge in [-0.15, -0.1) is 0 Å². The molecule has 1 amide bonds. The van der Waals surface area contributed by atoms with E-state index in [-0.39, 0.29) is 5.56 Å². The lowest BCUT2D eigenvalue weighted by atomic mass is 9.98. The Morgan fingerprint density at radius 1 is 1.24 bits per heavy atom. The Morgan fingerprint density at radius 3 is 2.62 bits per heavy atom. The van der Waals surface area contributed by atoms with Crippen molar-refractivity contribution in [3.8, 4) is 0 Å². The molecule has 0 fully saturated rings. The van der Waals surface area contributed by atoms with Crippen LogP contribution >= 0.6 is 0 Å². The third-order valence-electron chi connectivity index (χ3n) is 3.47. The van der Waals surface area contributed by atoms with Crippen molar-refractivity contribution in [3.05, 3.63) is 65.5 Å². The van der Waals surface area contributed by atoms with Gasteiger partial charge >= 0.3 is 0 Å². The summed E-state index contributed by atoms with van der Waals surface area (Å²) in [6, 6.07) is 14.2. The van der Waals surface area contributed by atoms with Crippen molar-refractivity contribution in [3.63, 3.8) is 0 Å². The van der Waals surface area contributed by atoms with Crippen LogP contribution in [0.2, 0.25) is 0 Å². The van der Waals surface area contributed by atoms with Crippen LogP contribution in [0, 0.1) is 5.82 Å². The van der Waals surface area contributed by atoms with E-state index in [1.807, 2.05) is 18.2 Å². The molecule has 21 heavy (non-hydrogen) atoms. The van der Waals surface area contributed by atoms with Gasteiger partial charge in [-0.1, -0.05) is 37.3 Å². The Labute approximate surface area is 124 Å². The minimum Gasteiger partial charge on any atom is -0.399 e. The molecular weight excluding hydrogens is 267 g/mol. The number of nitrogen functional groups attached to an aromatic ring is 1. The summed E-state index contributed by atoms with van der Waals surface area (Å²) in [6.45, 7) is 2.60. The molecule has 0 aliphatic heterocycles. The summed E-state index contributed by atoms with van der Waals surface area (Å²) in [5.74, 6) is -0.667. The quantitative estimate of drug-likeness (QED) is 0.828.